The third kappa shape index (κ3) is 5.28. The Labute approximate surface area is 150 Å². The van der Waals surface area contributed by atoms with E-state index in [0.29, 0.717) is 11.5 Å². The topological polar surface area (TPSA) is 49.3 Å². The number of unbranched alkanes of at least 4 members (excludes halogenated alkanes) is 1. The highest BCUT2D eigenvalue weighted by molar-refractivity contribution is 5.93. The van der Waals surface area contributed by atoms with Crippen molar-refractivity contribution < 1.29 is 4.79 Å². The van der Waals surface area contributed by atoms with Crippen molar-refractivity contribution in [3.05, 3.63) is 53.9 Å². The van der Waals surface area contributed by atoms with Crippen LogP contribution in [-0.4, -0.2) is 40.4 Å². The number of hydrogen-bond acceptors (Lipinski definition) is 4. The van der Waals surface area contributed by atoms with Gasteiger partial charge >= 0.3 is 0 Å². The van der Waals surface area contributed by atoms with Crippen LogP contribution in [0.15, 0.2) is 42.7 Å². The molecule has 2 aromatic rings. The van der Waals surface area contributed by atoms with Crippen LogP contribution in [-0.2, 0) is 6.54 Å². The van der Waals surface area contributed by atoms with Crippen LogP contribution in [0.2, 0.25) is 0 Å². The van der Waals surface area contributed by atoms with Gasteiger partial charge < -0.3 is 9.80 Å². The highest BCUT2D eigenvalue weighted by Gasteiger charge is 2.16. The summed E-state index contributed by atoms with van der Waals surface area (Å²) in [5.41, 5.74) is 1.74. The number of anilines is 1. The van der Waals surface area contributed by atoms with Crippen molar-refractivity contribution in [3.8, 4) is 0 Å². The first kappa shape index (κ1) is 18.9. The van der Waals surface area contributed by atoms with E-state index in [4.69, 9.17) is 0 Å². The number of nitrogens with zero attached hydrogens (tertiary/aromatic N) is 4. The number of hydrogen-bond donors (Lipinski definition) is 0. The van der Waals surface area contributed by atoms with Crippen LogP contribution in [0.25, 0.3) is 0 Å². The van der Waals surface area contributed by atoms with Gasteiger partial charge in [0.1, 0.15) is 0 Å². The van der Waals surface area contributed by atoms with Crippen LogP contribution in [0.3, 0.4) is 0 Å². The van der Waals surface area contributed by atoms with Gasteiger partial charge in [-0.1, -0.05) is 43.7 Å². The Balaban J connectivity index is 2.11. The minimum atomic E-state index is -0.0286. The van der Waals surface area contributed by atoms with Gasteiger partial charge in [-0.25, -0.2) is 9.97 Å². The second-order valence-corrected chi connectivity index (χ2v) is 6.56. The Morgan fingerprint density at radius 1 is 1.12 bits per heavy atom. The molecule has 0 fully saturated rings. The maximum atomic E-state index is 12.4. The summed E-state index contributed by atoms with van der Waals surface area (Å²) in [6, 6.07) is 10.5. The van der Waals surface area contributed by atoms with Gasteiger partial charge in [0.25, 0.3) is 5.91 Å². The molecule has 0 aliphatic rings. The Morgan fingerprint density at radius 3 is 2.32 bits per heavy atom. The zero-order valence-corrected chi connectivity index (χ0v) is 15.6. The van der Waals surface area contributed by atoms with Crippen LogP contribution in [0.1, 0.15) is 49.5 Å². The number of rotatable bonds is 8. The lowest BCUT2D eigenvalue weighted by Crippen LogP contribution is -2.32. The van der Waals surface area contributed by atoms with Gasteiger partial charge in [0.05, 0.1) is 5.56 Å². The van der Waals surface area contributed by atoms with Crippen LogP contribution in [0.5, 0.6) is 0 Å². The van der Waals surface area contributed by atoms with E-state index in [9.17, 15) is 4.79 Å². The molecule has 0 saturated carbocycles. The molecule has 134 valence electrons. The van der Waals surface area contributed by atoms with Crippen LogP contribution < -0.4 is 4.90 Å². The first-order valence-electron chi connectivity index (χ1n) is 8.91. The molecule has 0 saturated heterocycles. The van der Waals surface area contributed by atoms with Crippen LogP contribution in [0, 0.1) is 0 Å². The summed E-state index contributed by atoms with van der Waals surface area (Å²) in [5, 5.41) is 0. The molecule has 0 atom stereocenters. The molecule has 0 bridgehead atoms. The molecule has 5 heteroatoms. The van der Waals surface area contributed by atoms with E-state index in [0.717, 1.165) is 25.9 Å². The average Bonchev–Trinajstić information content (AvgIpc) is 2.64. The molecule has 0 aliphatic carbocycles. The monoisotopic (exact) mass is 340 g/mol. The normalized spacial score (nSPS) is 10.8. The smallest absolute Gasteiger partial charge is 0.256 e. The van der Waals surface area contributed by atoms with E-state index in [-0.39, 0.29) is 11.9 Å². The summed E-state index contributed by atoms with van der Waals surface area (Å²) in [5.74, 6) is 0.616. The minimum Gasteiger partial charge on any atom is -0.342 e. The maximum absolute atomic E-state index is 12.4. The molecule has 1 aromatic carbocycles. The van der Waals surface area contributed by atoms with Crippen molar-refractivity contribution >= 4 is 11.9 Å². The zero-order valence-electron chi connectivity index (χ0n) is 15.6. The molecule has 5 nitrogen and oxygen atoms in total. The van der Waals surface area contributed by atoms with Crippen molar-refractivity contribution in [1.82, 2.24) is 14.9 Å². The van der Waals surface area contributed by atoms with Crippen LogP contribution in [0.4, 0.5) is 5.95 Å². The number of benzene rings is 1. The lowest BCUT2D eigenvalue weighted by molar-refractivity contribution is 0.0792. The number of carbonyl (C=O) groups is 1. The third-order valence-electron chi connectivity index (χ3n) is 4.15. The van der Waals surface area contributed by atoms with Gasteiger partial charge in [-0.15, -0.1) is 0 Å². The quantitative estimate of drug-likeness (QED) is 0.734. The largest absolute Gasteiger partial charge is 0.342 e. The Morgan fingerprint density at radius 2 is 1.76 bits per heavy atom. The Hall–Kier alpha value is -2.43. The summed E-state index contributed by atoms with van der Waals surface area (Å²) in [7, 11) is 1.82. The lowest BCUT2D eigenvalue weighted by atomic mass is 10.2. The van der Waals surface area contributed by atoms with E-state index < -0.39 is 0 Å². The SMILES string of the molecule is CCCCN(C)C(=O)c1cnc(N(Cc2ccccc2)C(C)C)nc1. The van der Waals surface area contributed by atoms with E-state index >= 15 is 0 Å². The van der Waals surface area contributed by atoms with Gasteiger partial charge in [0.15, 0.2) is 0 Å². The number of aromatic nitrogens is 2. The summed E-state index contributed by atoms with van der Waals surface area (Å²) in [4.78, 5) is 25.1. The highest BCUT2D eigenvalue weighted by Crippen LogP contribution is 2.16. The van der Waals surface area contributed by atoms with E-state index in [1.165, 1.54) is 5.56 Å². The predicted octanol–water partition coefficient (Wildman–Crippen LogP) is 3.76. The van der Waals surface area contributed by atoms with Crippen LogP contribution >= 0.6 is 0 Å². The second-order valence-electron chi connectivity index (χ2n) is 6.56. The van der Waals surface area contributed by atoms with Gasteiger partial charge in [-0.3, -0.25) is 4.79 Å². The molecule has 0 aliphatic heterocycles. The standard InChI is InChI=1S/C20H28N4O/c1-5-6-12-23(4)19(25)18-13-21-20(22-14-18)24(16(2)3)15-17-10-8-7-9-11-17/h7-11,13-14,16H,5-6,12,15H2,1-4H3. The van der Waals surface area contributed by atoms with Gasteiger partial charge in [0.2, 0.25) is 5.95 Å². The fourth-order valence-corrected chi connectivity index (χ4v) is 2.56. The van der Waals surface area contributed by atoms with E-state index in [1.54, 1.807) is 17.3 Å². The van der Waals surface area contributed by atoms with Crippen molar-refractivity contribution in [3.63, 3.8) is 0 Å². The first-order chi connectivity index (χ1) is 12.0. The molecule has 0 spiro atoms. The summed E-state index contributed by atoms with van der Waals surface area (Å²) in [6.07, 6.45) is 5.33. The fourth-order valence-electron chi connectivity index (χ4n) is 2.56. The molecule has 0 N–H and O–H groups in total. The third-order valence-corrected chi connectivity index (χ3v) is 4.15. The first-order valence-corrected chi connectivity index (χ1v) is 8.91. The Kier molecular flexibility index (Phi) is 6.92. The fraction of sp³-hybridized carbons (Fsp3) is 0.450. The highest BCUT2D eigenvalue weighted by atomic mass is 16.2. The molecule has 0 radical (unpaired) electrons. The van der Waals surface area contributed by atoms with Crippen molar-refractivity contribution in [1.29, 1.82) is 0 Å². The lowest BCUT2D eigenvalue weighted by Gasteiger charge is -2.27. The molecule has 1 aromatic heterocycles. The van der Waals surface area contributed by atoms with Gasteiger partial charge in [-0.2, -0.15) is 0 Å². The second kappa shape index (κ2) is 9.16. The molecule has 1 heterocycles. The molecule has 1 amide bonds. The molecule has 2 rings (SSSR count). The number of amides is 1. The van der Waals surface area contributed by atoms with Crippen molar-refractivity contribution in [2.24, 2.45) is 0 Å². The Bertz CT molecular complexity index is 655. The molecular formula is C20H28N4O. The molecule has 0 unspecified atom stereocenters. The van der Waals surface area contributed by atoms with Gasteiger partial charge in [0, 0.05) is 38.6 Å². The number of carbonyl (C=O) groups excluding carboxylic acids is 1. The van der Waals surface area contributed by atoms with Gasteiger partial charge in [-0.05, 0) is 25.8 Å². The van der Waals surface area contributed by atoms with E-state index in [1.807, 2.05) is 25.2 Å². The molecular weight excluding hydrogens is 312 g/mol. The van der Waals surface area contributed by atoms with Crippen molar-refractivity contribution in [2.75, 3.05) is 18.5 Å². The predicted molar refractivity (Wildman–Crippen MR) is 102 cm³/mol. The summed E-state index contributed by atoms with van der Waals surface area (Å²) in [6.45, 7) is 7.84. The maximum Gasteiger partial charge on any atom is 0.256 e. The molecule has 25 heavy (non-hydrogen) atoms. The average molecular weight is 340 g/mol. The zero-order chi connectivity index (χ0) is 18.2. The van der Waals surface area contributed by atoms with Crippen molar-refractivity contribution in [2.45, 2.75) is 46.2 Å². The summed E-state index contributed by atoms with van der Waals surface area (Å²) >= 11 is 0. The van der Waals surface area contributed by atoms with E-state index in [2.05, 4.69) is 47.8 Å². The minimum absolute atomic E-state index is 0.0286. The summed E-state index contributed by atoms with van der Waals surface area (Å²) < 4.78 is 0.